The van der Waals surface area contributed by atoms with E-state index in [2.05, 4.69) is 17.2 Å². The topological polar surface area (TPSA) is 78.5 Å². The fourth-order valence-corrected chi connectivity index (χ4v) is 2.55. The van der Waals surface area contributed by atoms with Crippen molar-refractivity contribution in [3.8, 4) is 0 Å². The van der Waals surface area contributed by atoms with Gasteiger partial charge in [0.25, 0.3) is 0 Å². The summed E-state index contributed by atoms with van der Waals surface area (Å²) in [6.07, 6.45) is 2.50. The average Bonchev–Trinajstić information content (AvgIpc) is 2.59. The second-order valence-electron chi connectivity index (χ2n) is 5.31. The Morgan fingerprint density at radius 1 is 1.22 bits per heavy atom. The van der Waals surface area contributed by atoms with Gasteiger partial charge >= 0.3 is 0 Å². The fraction of sp³-hybridized carbons (Fsp3) is 0.353. The molecule has 0 saturated carbocycles. The molecule has 122 valence electrons. The molecule has 1 aromatic rings. The Morgan fingerprint density at radius 2 is 1.91 bits per heavy atom. The molecule has 23 heavy (non-hydrogen) atoms. The maximum atomic E-state index is 12.5. The molecule has 3 amide bonds. The van der Waals surface area contributed by atoms with Gasteiger partial charge in [0.15, 0.2) is 0 Å². The van der Waals surface area contributed by atoms with E-state index in [0.29, 0.717) is 19.5 Å². The fourth-order valence-electron chi connectivity index (χ4n) is 2.55. The largest absolute Gasteiger partial charge is 0.354 e. The smallest absolute Gasteiger partial charge is 0.243 e. The predicted molar refractivity (Wildman–Crippen MR) is 87.7 cm³/mol. The summed E-state index contributed by atoms with van der Waals surface area (Å²) in [4.78, 5) is 37.4. The average molecular weight is 315 g/mol. The number of anilines is 1. The van der Waals surface area contributed by atoms with Crippen molar-refractivity contribution in [1.29, 1.82) is 0 Å². The molecule has 1 fully saturated rings. The Labute approximate surface area is 135 Å². The molecular weight excluding hydrogens is 294 g/mol. The van der Waals surface area contributed by atoms with Crippen LogP contribution in [-0.4, -0.2) is 37.4 Å². The molecule has 0 bridgehead atoms. The Balaban J connectivity index is 1.89. The number of amides is 3. The van der Waals surface area contributed by atoms with Crippen LogP contribution in [0.2, 0.25) is 0 Å². The third kappa shape index (κ3) is 4.42. The summed E-state index contributed by atoms with van der Waals surface area (Å²) < 4.78 is 0. The molecule has 1 unspecified atom stereocenters. The van der Waals surface area contributed by atoms with Crippen molar-refractivity contribution in [1.82, 2.24) is 10.6 Å². The van der Waals surface area contributed by atoms with Gasteiger partial charge < -0.3 is 15.5 Å². The second-order valence-corrected chi connectivity index (χ2v) is 5.31. The van der Waals surface area contributed by atoms with Crippen molar-refractivity contribution >= 4 is 23.4 Å². The van der Waals surface area contributed by atoms with Gasteiger partial charge in [0, 0.05) is 25.3 Å². The minimum Gasteiger partial charge on any atom is -0.354 e. The lowest BCUT2D eigenvalue weighted by atomic mass is 9.95. The number of nitrogens with one attached hydrogen (secondary N) is 2. The monoisotopic (exact) mass is 315 g/mol. The number of carbonyl (C=O) groups is 3. The number of piperidine rings is 1. The van der Waals surface area contributed by atoms with Crippen molar-refractivity contribution in [2.75, 3.05) is 24.5 Å². The molecule has 1 aromatic carbocycles. The Hall–Kier alpha value is -2.63. The molecule has 1 atom stereocenters. The highest BCUT2D eigenvalue weighted by atomic mass is 16.2. The van der Waals surface area contributed by atoms with Crippen LogP contribution >= 0.6 is 0 Å². The second kappa shape index (κ2) is 8.12. The van der Waals surface area contributed by atoms with Gasteiger partial charge in [-0.3, -0.25) is 14.4 Å². The molecule has 6 nitrogen and oxygen atoms in total. The third-order valence-electron chi connectivity index (χ3n) is 3.73. The first-order valence-corrected chi connectivity index (χ1v) is 7.68. The lowest BCUT2D eigenvalue weighted by Gasteiger charge is -2.31. The van der Waals surface area contributed by atoms with E-state index in [1.165, 1.54) is 6.08 Å². The van der Waals surface area contributed by atoms with Gasteiger partial charge in [-0.25, -0.2) is 0 Å². The highest BCUT2D eigenvalue weighted by molar-refractivity contribution is 6.08. The van der Waals surface area contributed by atoms with E-state index in [9.17, 15) is 14.4 Å². The molecule has 0 spiro atoms. The van der Waals surface area contributed by atoms with E-state index in [-0.39, 0.29) is 24.3 Å². The van der Waals surface area contributed by atoms with Crippen LogP contribution in [0, 0.1) is 5.92 Å². The number of benzene rings is 1. The highest BCUT2D eigenvalue weighted by Crippen LogP contribution is 2.24. The van der Waals surface area contributed by atoms with E-state index in [1.807, 2.05) is 30.3 Å². The summed E-state index contributed by atoms with van der Waals surface area (Å²) in [5, 5.41) is 5.27. The van der Waals surface area contributed by atoms with Gasteiger partial charge in [0.05, 0.1) is 0 Å². The van der Waals surface area contributed by atoms with Gasteiger partial charge in [0.2, 0.25) is 17.7 Å². The van der Waals surface area contributed by atoms with Crippen molar-refractivity contribution in [2.24, 2.45) is 5.92 Å². The van der Waals surface area contributed by atoms with Crippen LogP contribution in [-0.2, 0) is 14.4 Å². The molecule has 1 aliphatic rings. The van der Waals surface area contributed by atoms with E-state index in [1.54, 1.807) is 4.90 Å². The Kier molecular flexibility index (Phi) is 5.91. The summed E-state index contributed by atoms with van der Waals surface area (Å²) >= 11 is 0. The number of para-hydroxylation sites is 1. The quantitative estimate of drug-likeness (QED) is 0.464. The van der Waals surface area contributed by atoms with Gasteiger partial charge in [-0.2, -0.15) is 0 Å². The van der Waals surface area contributed by atoms with Crippen LogP contribution in [0.25, 0.3) is 0 Å². The zero-order valence-corrected chi connectivity index (χ0v) is 13.0. The molecule has 0 aliphatic carbocycles. The van der Waals surface area contributed by atoms with Crippen LogP contribution < -0.4 is 15.5 Å². The first-order chi connectivity index (χ1) is 11.1. The molecule has 0 radical (unpaired) electrons. The third-order valence-corrected chi connectivity index (χ3v) is 3.73. The Morgan fingerprint density at radius 3 is 2.61 bits per heavy atom. The van der Waals surface area contributed by atoms with Gasteiger partial charge in [-0.15, -0.1) is 0 Å². The van der Waals surface area contributed by atoms with Crippen LogP contribution in [0.15, 0.2) is 43.0 Å². The molecule has 2 rings (SSSR count). The molecule has 1 aliphatic heterocycles. The van der Waals surface area contributed by atoms with Crippen LogP contribution in [0.3, 0.4) is 0 Å². The Bertz CT molecular complexity index is 586. The molecule has 0 aromatic heterocycles. The summed E-state index contributed by atoms with van der Waals surface area (Å²) in [6, 6.07) is 9.36. The van der Waals surface area contributed by atoms with E-state index in [0.717, 1.165) is 12.1 Å². The number of rotatable bonds is 6. The normalized spacial score (nSPS) is 17.5. The summed E-state index contributed by atoms with van der Waals surface area (Å²) in [5.41, 5.74) is 0.813. The van der Waals surface area contributed by atoms with E-state index >= 15 is 0 Å². The first kappa shape index (κ1) is 16.7. The summed E-state index contributed by atoms with van der Waals surface area (Å²) in [5.74, 6) is -1.42. The van der Waals surface area contributed by atoms with Gasteiger partial charge in [-0.05, 0) is 31.1 Å². The summed E-state index contributed by atoms with van der Waals surface area (Å²) in [6.45, 7) is 4.56. The predicted octanol–water partition coefficient (Wildman–Crippen LogP) is 0.848. The van der Waals surface area contributed by atoms with Crippen LogP contribution in [0.1, 0.15) is 12.8 Å². The number of carbonyl (C=O) groups excluding carboxylic acids is 3. The van der Waals surface area contributed by atoms with Crippen molar-refractivity contribution in [2.45, 2.75) is 12.8 Å². The minimum atomic E-state index is -0.668. The SMILES string of the molecule is C=CC(=O)NCCNC(=O)C1CCCN(c2ccccc2)C1=O. The van der Waals surface area contributed by atoms with Gasteiger partial charge in [0.1, 0.15) is 5.92 Å². The van der Waals surface area contributed by atoms with Crippen molar-refractivity contribution in [3.05, 3.63) is 43.0 Å². The summed E-state index contributed by atoms with van der Waals surface area (Å²) in [7, 11) is 0. The van der Waals surface area contributed by atoms with Crippen LogP contribution in [0.5, 0.6) is 0 Å². The van der Waals surface area contributed by atoms with E-state index < -0.39 is 5.92 Å². The maximum Gasteiger partial charge on any atom is 0.243 e. The molecule has 1 saturated heterocycles. The number of hydrogen-bond acceptors (Lipinski definition) is 3. The molecule has 6 heteroatoms. The standard InChI is InChI=1S/C17H21N3O3/c1-2-15(21)18-10-11-19-16(22)14-9-6-12-20(17(14)23)13-7-4-3-5-8-13/h2-5,7-8,14H,1,6,9-12H2,(H,18,21)(H,19,22). The maximum absolute atomic E-state index is 12.5. The molecular formula is C17H21N3O3. The minimum absolute atomic E-state index is 0.171. The van der Waals surface area contributed by atoms with Crippen molar-refractivity contribution in [3.63, 3.8) is 0 Å². The zero-order chi connectivity index (χ0) is 16.7. The van der Waals surface area contributed by atoms with Crippen LogP contribution in [0.4, 0.5) is 5.69 Å². The number of nitrogens with zero attached hydrogens (tertiary/aromatic N) is 1. The van der Waals surface area contributed by atoms with Crippen molar-refractivity contribution < 1.29 is 14.4 Å². The molecule has 2 N–H and O–H groups in total. The van der Waals surface area contributed by atoms with E-state index in [4.69, 9.17) is 0 Å². The lowest BCUT2D eigenvalue weighted by Crippen LogP contribution is -2.48. The molecule has 1 heterocycles. The van der Waals surface area contributed by atoms with Gasteiger partial charge in [-0.1, -0.05) is 24.8 Å². The zero-order valence-electron chi connectivity index (χ0n) is 13.0. The number of hydrogen-bond donors (Lipinski definition) is 2. The first-order valence-electron chi connectivity index (χ1n) is 7.68. The highest BCUT2D eigenvalue weighted by Gasteiger charge is 2.34. The lowest BCUT2D eigenvalue weighted by molar-refractivity contribution is -0.135.